The van der Waals surface area contributed by atoms with Gasteiger partial charge in [-0.2, -0.15) is 0 Å². The van der Waals surface area contributed by atoms with Crippen LogP contribution < -0.4 is 5.32 Å². The minimum absolute atomic E-state index is 0.00403. The summed E-state index contributed by atoms with van der Waals surface area (Å²) in [6, 6.07) is 3.83. The molecule has 0 aliphatic carbocycles. The van der Waals surface area contributed by atoms with Gasteiger partial charge in [0, 0.05) is 0 Å². The molecule has 1 amide bonds. The molecule has 0 atom stereocenters. The summed E-state index contributed by atoms with van der Waals surface area (Å²) in [5, 5.41) is 1.98. The Morgan fingerprint density at radius 1 is 1.47 bits per heavy atom. The molecule has 2 nitrogen and oxygen atoms in total. The van der Waals surface area contributed by atoms with Gasteiger partial charge < -0.3 is 5.32 Å². The summed E-state index contributed by atoms with van der Waals surface area (Å²) < 4.78 is 36.5. The smallest absolute Gasteiger partial charge is 0.255 e. The van der Waals surface area contributed by atoms with Gasteiger partial charge in [-0.15, -0.1) is 0 Å². The number of carbonyl (C=O) groups is 1. The molecule has 0 unspecified atom stereocenters. The molecule has 0 heterocycles. The Labute approximate surface area is 92.6 Å². The van der Waals surface area contributed by atoms with Gasteiger partial charge in [-0.1, -0.05) is 6.07 Å². The summed E-state index contributed by atoms with van der Waals surface area (Å²) in [6.07, 6.45) is -2.62. The van der Waals surface area contributed by atoms with Gasteiger partial charge in [0.05, 0.1) is 16.6 Å². The van der Waals surface area contributed by atoms with Crippen molar-refractivity contribution in [3.05, 3.63) is 34.1 Å². The molecule has 82 valence electrons. The van der Waals surface area contributed by atoms with E-state index in [0.717, 1.165) is 6.07 Å². The van der Waals surface area contributed by atoms with Crippen LogP contribution in [0.3, 0.4) is 0 Å². The van der Waals surface area contributed by atoms with E-state index in [1.54, 1.807) is 0 Å². The van der Waals surface area contributed by atoms with Crippen LogP contribution >= 0.6 is 15.9 Å². The molecule has 6 heteroatoms. The van der Waals surface area contributed by atoms with E-state index >= 15 is 0 Å². The van der Waals surface area contributed by atoms with Crippen LogP contribution in [-0.2, 0) is 0 Å². The average Bonchev–Trinajstić information content (AvgIpc) is 2.18. The van der Waals surface area contributed by atoms with E-state index in [1.165, 1.54) is 12.1 Å². The summed E-state index contributed by atoms with van der Waals surface area (Å²) in [4.78, 5) is 11.3. The Bertz CT molecular complexity index is 370. The predicted molar refractivity (Wildman–Crippen MR) is 52.4 cm³/mol. The minimum atomic E-state index is -2.62. The first-order valence-corrected chi connectivity index (χ1v) is 4.82. The number of benzene rings is 1. The van der Waals surface area contributed by atoms with Crippen LogP contribution in [-0.4, -0.2) is 18.9 Å². The van der Waals surface area contributed by atoms with Crippen LogP contribution in [0.5, 0.6) is 0 Å². The van der Waals surface area contributed by atoms with Gasteiger partial charge in [-0.3, -0.25) is 4.79 Å². The third-order valence-corrected chi connectivity index (χ3v) is 2.42. The van der Waals surface area contributed by atoms with Crippen LogP contribution in [0.2, 0.25) is 0 Å². The maximum atomic E-state index is 13.0. The van der Waals surface area contributed by atoms with Gasteiger partial charge >= 0.3 is 0 Å². The predicted octanol–water partition coefficient (Wildman–Crippen LogP) is 2.58. The molecule has 1 aromatic rings. The molecule has 0 aliphatic heterocycles. The normalized spacial score (nSPS) is 10.5. The second-order valence-electron chi connectivity index (χ2n) is 2.70. The molecule has 0 fully saturated rings. The molecule has 0 spiro atoms. The van der Waals surface area contributed by atoms with E-state index in [-0.39, 0.29) is 10.0 Å². The van der Waals surface area contributed by atoms with E-state index < -0.39 is 24.7 Å². The fourth-order valence-electron chi connectivity index (χ4n) is 0.944. The summed E-state index contributed by atoms with van der Waals surface area (Å²) in [7, 11) is 0. The molecule has 0 saturated carbocycles. The van der Waals surface area contributed by atoms with E-state index in [0.29, 0.717) is 0 Å². The van der Waals surface area contributed by atoms with Gasteiger partial charge in [0.1, 0.15) is 5.82 Å². The zero-order valence-electron chi connectivity index (χ0n) is 7.44. The zero-order chi connectivity index (χ0) is 11.4. The number of carbonyl (C=O) groups excluding carboxylic acids is 1. The fourth-order valence-corrected chi connectivity index (χ4v) is 1.39. The quantitative estimate of drug-likeness (QED) is 0.907. The summed E-state index contributed by atoms with van der Waals surface area (Å²) in [5.41, 5.74) is -0.00403. The van der Waals surface area contributed by atoms with E-state index in [4.69, 9.17) is 0 Å². The Balaban J connectivity index is 2.78. The number of halogens is 4. The first kappa shape index (κ1) is 12.0. The lowest BCUT2D eigenvalue weighted by molar-refractivity contribution is 0.0890. The monoisotopic (exact) mass is 281 g/mol. The molecule has 0 aromatic heterocycles. The fraction of sp³-hybridized carbons (Fsp3) is 0.222. The Kier molecular flexibility index (Phi) is 4.14. The zero-order valence-corrected chi connectivity index (χ0v) is 9.02. The second-order valence-corrected chi connectivity index (χ2v) is 3.50. The van der Waals surface area contributed by atoms with Gasteiger partial charge in [0.2, 0.25) is 0 Å². The van der Waals surface area contributed by atoms with Gasteiger partial charge in [0.15, 0.2) is 0 Å². The van der Waals surface area contributed by atoms with Gasteiger partial charge in [-0.05, 0) is 28.1 Å². The third-order valence-electron chi connectivity index (χ3n) is 1.61. The highest BCUT2D eigenvalue weighted by Crippen LogP contribution is 2.20. The van der Waals surface area contributed by atoms with Crippen molar-refractivity contribution in [3.63, 3.8) is 0 Å². The summed E-state index contributed by atoms with van der Waals surface area (Å²) in [5.74, 6) is -1.35. The van der Waals surface area contributed by atoms with Crippen molar-refractivity contribution in [2.75, 3.05) is 6.54 Å². The lowest BCUT2D eigenvalue weighted by Crippen LogP contribution is -2.28. The highest BCUT2D eigenvalue weighted by atomic mass is 79.9. The van der Waals surface area contributed by atoms with E-state index in [1.807, 2.05) is 5.32 Å². The Hall–Kier alpha value is -1.04. The van der Waals surface area contributed by atoms with E-state index in [9.17, 15) is 18.0 Å². The molecule has 0 aliphatic rings. The molecule has 1 N–H and O–H groups in total. The molecule has 1 aromatic carbocycles. The van der Waals surface area contributed by atoms with Gasteiger partial charge in [0.25, 0.3) is 12.3 Å². The van der Waals surface area contributed by atoms with Crippen LogP contribution in [0.4, 0.5) is 13.2 Å². The maximum Gasteiger partial charge on any atom is 0.255 e. The summed E-state index contributed by atoms with van der Waals surface area (Å²) >= 11 is 2.86. The maximum absolute atomic E-state index is 13.0. The van der Waals surface area contributed by atoms with Crippen molar-refractivity contribution in [3.8, 4) is 0 Å². The molecule has 0 radical (unpaired) electrons. The molecular formula is C9H7BrF3NO. The number of alkyl halides is 2. The number of hydrogen-bond donors (Lipinski definition) is 1. The first-order chi connectivity index (χ1) is 7.02. The van der Waals surface area contributed by atoms with Crippen molar-refractivity contribution in [1.82, 2.24) is 5.32 Å². The van der Waals surface area contributed by atoms with Crippen LogP contribution in [0.15, 0.2) is 22.7 Å². The lowest BCUT2D eigenvalue weighted by Gasteiger charge is -2.06. The number of rotatable bonds is 3. The largest absolute Gasteiger partial charge is 0.346 e. The lowest BCUT2D eigenvalue weighted by atomic mass is 10.2. The molecule has 0 bridgehead atoms. The third kappa shape index (κ3) is 3.23. The summed E-state index contributed by atoms with van der Waals surface area (Å²) in [6.45, 7) is -0.748. The molecule has 0 saturated heterocycles. The van der Waals surface area contributed by atoms with Crippen molar-refractivity contribution < 1.29 is 18.0 Å². The van der Waals surface area contributed by atoms with Crippen LogP contribution in [0.25, 0.3) is 0 Å². The molecular weight excluding hydrogens is 275 g/mol. The minimum Gasteiger partial charge on any atom is -0.346 e. The highest BCUT2D eigenvalue weighted by Gasteiger charge is 2.13. The number of amides is 1. The topological polar surface area (TPSA) is 29.1 Å². The Morgan fingerprint density at radius 3 is 2.73 bits per heavy atom. The number of nitrogens with one attached hydrogen (secondary N) is 1. The second kappa shape index (κ2) is 5.16. The van der Waals surface area contributed by atoms with Crippen molar-refractivity contribution >= 4 is 21.8 Å². The van der Waals surface area contributed by atoms with Crippen molar-refractivity contribution in [2.24, 2.45) is 0 Å². The SMILES string of the molecule is O=C(NCC(F)F)c1cccc(F)c1Br. The van der Waals surface area contributed by atoms with Crippen molar-refractivity contribution in [2.45, 2.75) is 6.43 Å². The standard InChI is InChI=1S/C9H7BrF3NO/c10-8-5(2-1-3-6(8)11)9(15)14-4-7(12)13/h1-3,7H,4H2,(H,14,15). The number of hydrogen-bond acceptors (Lipinski definition) is 1. The Morgan fingerprint density at radius 2 is 2.13 bits per heavy atom. The first-order valence-electron chi connectivity index (χ1n) is 4.02. The van der Waals surface area contributed by atoms with Gasteiger partial charge in [-0.25, -0.2) is 13.2 Å². The average molecular weight is 282 g/mol. The van der Waals surface area contributed by atoms with Crippen LogP contribution in [0.1, 0.15) is 10.4 Å². The van der Waals surface area contributed by atoms with Crippen LogP contribution in [0, 0.1) is 5.82 Å². The van der Waals surface area contributed by atoms with E-state index in [2.05, 4.69) is 15.9 Å². The molecule has 15 heavy (non-hydrogen) atoms. The highest BCUT2D eigenvalue weighted by molar-refractivity contribution is 9.10. The molecule has 1 rings (SSSR count). The van der Waals surface area contributed by atoms with Crippen molar-refractivity contribution in [1.29, 1.82) is 0 Å².